The molecule has 0 saturated carbocycles. The minimum absolute atomic E-state index is 0.471. The Labute approximate surface area is 105 Å². The van der Waals surface area contributed by atoms with E-state index in [0.29, 0.717) is 16.2 Å². The van der Waals surface area contributed by atoms with Gasteiger partial charge >= 0.3 is 0 Å². The van der Waals surface area contributed by atoms with Crippen molar-refractivity contribution in [1.29, 1.82) is 0 Å². The molecular formula is C13H13N3O2. The number of hydrogen-bond acceptors (Lipinski definition) is 3. The van der Waals surface area contributed by atoms with E-state index in [4.69, 9.17) is 4.74 Å². The van der Waals surface area contributed by atoms with Crippen LogP contribution in [-0.4, -0.2) is 12.0 Å². The second-order valence-corrected chi connectivity index (χ2v) is 3.55. The molecule has 5 heteroatoms. The smallest absolute Gasteiger partial charge is 0.154 e. The Balaban J connectivity index is 2.05. The quantitative estimate of drug-likeness (QED) is 0.509. The summed E-state index contributed by atoms with van der Waals surface area (Å²) in [6.07, 6.45) is 0. The zero-order chi connectivity index (χ0) is 12.8. The first kappa shape index (κ1) is 11.9. The highest BCUT2D eigenvalue weighted by Crippen LogP contribution is 2.15. The number of methoxy groups -OCH3 is 1. The molecule has 0 fully saturated rings. The van der Waals surface area contributed by atoms with E-state index in [9.17, 15) is 5.21 Å². The lowest BCUT2D eigenvalue weighted by Crippen LogP contribution is -1.97. The van der Waals surface area contributed by atoms with E-state index in [1.54, 1.807) is 55.6 Å². The maximum Gasteiger partial charge on any atom is 0.154 e. The molecule has 0 atom stereocenters. The number of hydrogen-bond donors (Lipinski definition) is 1. The van der Waals surface area contributed by atoms with Gasteiger partial charge in [-0.25, -0.2) is 0 Å². The van der Waals surface area contributed by atoms with Crippen LogP contribution in [0.25, 0.3) is 0 Å². The molecule has 0 aliphatic carbocycles. The van der Waals surface area contributed by atoms with Crippen LogP contribution in [0.1, 0.15) is 0 Å². The van der Waals surface area contributed by atoms with Crippen LogP contribution in [0.5, 0.6) is 5.75 Å². The van der Waals surface area contributed by atoms with Gasteiger partial charge in [0.25, 0.3) is 0 Å². The molecule has 0 aromatic heterocycles. The van der Waals surface area contributed by atoms with Crippen LogP contribution in [0.4, 0.5) is 11.4 Å². The van der Waals surface area contributed by atoms with Gasteiger partial charge in [-0.3, -0.25) is 0 Å². The fourth-order valence-electron chi connectivity index (χ4n) is 1.38. The minimum Gasteiger partial charge on any atom is -0.691 e. The van der Waals surface area contributed by atoms with Gasteiger partial charge in [-0.05, 0) is 36.4 Å². The monoisotopic (exact) mass is 243 g/mol. The number of anilines is 1. The molecule has 0 aliphatic heterocycles. The normalized spacial score (nSPS) is 11.1. The van der Waals surface area contributed by atoms with Crippen molar-refractivity contribution in [3.05, 3.63) is 59.8 Å². The number of rotatable bonds is 4. The van der Waals surface area contributed by atoms with Gasteiger partial charge in [-0.1, -0.05) is 18.2 Å². The van der Waals surface area contributed by atoms with Gasteiger partial charge in [-0.15, -0.1) is 10.3 Å². The van der Waals surface area contributed by atoms with E-state index in [2.05, 4.69) is 10.6 Å². The summed E-state index contributed by atoms with van der Waals surface area (Å²) in [5.41, 5.74) is 3.86. The minimum atomic E-state index is 0.471. The Morgan fingerprint density at radius 3 is 2.33 bits per heavy atom. The number of nitrogens with zero attached hydrogens (tertiary/aromatic N) is 2. The lowest BCUT2D eigenvalue weighted by atomic mass is 10.3. The predicted molar refractivity (Wildman–Crippen MR) is 68.8 cm³/mol. The van der Waals surface area contributed by atoms with Gasteiger partial charge < -0.3 is 9.94 Å². The molecular weight excluding hydrogens is 230 g/mol. The van der Waals surface area contributed by atoms with Gasteiger partial charge in [0.1, 0.15) is 11.4 Å². The van der Waals surface area contributed by atoms with E-state index in [0.717, 1.165) is 5.75 Å². The van der Waals surface area contributed by atoms with Crippen molar-refractivity contribution >= 4 is 11.4 Å². The molecule has 0 amide bonds. The van der Waals surface area contributed by atoms with Gasteiger partial charge in [0.05, 0.1) is 12.3 Å². The van der Waals surface area contributed by atoms with Crippen LogP contribution >= 0.6 is 0 Å². The first-order chi connectivity index (χ1) is 8.79. The topological polar surface area (TPSA) is 59.7 Å². The van der Waals surface area contributed by atoms with Crippen LogP contribution in [0.3, 0.4) is 0 Å². The van der Waals surface area contributed by atoms with Gasteiger partial charge in [0.2, 0.25) is 0 Å². The van der Waals surface area contributed by atoms with Gasteiger partial charge in [0, 0.05) is 0 Å². The van der Waals surface area contributed by atoms with Crippen LogP contribution in [0, 0.1) is 5.21 Å². The standard InChI is InChI=1S/C13H13N3O2/c1-18-13-9-7-11(8-10-13)14-15-16(17)12-5-3-2-4-6-12/h2-10,14H,1H3. The van der Waals surface area contributed by atoms with Crippen LogP contribution in [0.2, 0.25) is 0 Å². The number of nitrogens with one attached hydrogen (secondary N) is 1. The summed E-state index contributed by atoms with van der Waals surface area (Å²) in [6.45, 7) is 0. The Morgan fingerprint density at radius 1 is 1.06 bits per heavy atom. The Hall–Kier alpha value is -2.56. The summed E-state index contributed by atoms with van der Waals surface area (Å²) in [5.74, 6) is 0.752. The van der Waals surface area contributed by atoms with Crippen molar-refractivity contribution in [3.63, 3.8) is 0 Å². The van der Waals surface area contributed by atoms with Gasteiger partial charge in [0.15, 0.2) is 5.69 Å². The van der Waals surface area contributed by atoms with Crippen molar-refractivity contribution in [1.82, 2.24) is 0 Å². The van der Waals surface area contributed by atoms with E-state index in [1.165, 1.54) is 0 Å². The molecule has 0 spiro atoms. The van der Waals surface area contributed by atoms with Crippen LogP contribution in [-0.2, 0) is 0 Å². The first-order valence-electron chi connectivity index (χ1n) is 5.42. The van der Waals surface area contributed by atoms with E-state index in [1.807, 2.05) is 6.07 Å². The average molecular weight is 243 g/mol. The predicted octanol–water partition coefficient (Wildman–Crippen LogP) is 3.32. The summed E-state index contributed by atoms with van der Waals surface area (Å²) < 4.78 is 5.03. The van der Waals surface area contributed by atoms with Crippen molar-refractivity contribution in [2.45, 2.75) is 0 Å². The fraction of sp³-hybridized carbons (Fsp3) is 0.0769. The lowest BCUT2D eigenvalue weighted by molar-refractivity contribution is -0.439. The molecule has 2 aromatic rings. The zero-order valence-electron chi connectivity index (χ0n) is 9.91. The molecule has 2 aromatic carbocycles. The number of para-hydroxylation sites is 1. The van der Waals surface area contributed by atoms with Crippen molar-refractivity contribution in [3.8, 4) is 5.75 Å². The van der Waals surface area contributed by atoms with E-state index >= 15 is 0 Å². The number of ether oxygens (including phenoxy) is 1. The zero-order valence-corrected chi connectivity index (χ0v) is 9.91. The number of benzene rings is 2. The summed E-state index contributed by atoms with van der Waals surface area (Å²) >= 11 is 0. The average Bonchev–Trinajstić information content (AvgIpc) is 2.46. The van der Waals surface area contributed by atoms with E-state index in [-0.39, 0.29) is 0 Å². The molecule has 2 rings (SSSR count). The first-order valence-corrected chi connectivity index (χ1v) is 5.42. The van der Waals surface area contributed by atoms with Gasteiger partial charge in [-0.2, -0.15) is 0 Å². The van der Waals surface area contributed by atoms with Crippen molar-refractivity contribution < 1.29 is 9.60 Å². The molecule has 18 heavy (non-hydrogen) atoms. The summed E-state index contributed by atoms with van der Waals surface area (Å²) in [4.78, 5) is 0.532. The second kappa shape index (κ2) is 5.67. The Kier molecular flexibility index (Phi) is 3.76. The third kappa shape index (κ3) is 2.98. The summed E-state index contributed by atoms with van der Waals surface area (Å²) in [7, 11) is 1.60. The highest BCUT2D eigenvalue weighted by molar-refractivity contribution is 5.45. The SMILES string of the molecule is COc1ccc(NN=[N+]([O-])c2ccccc2)cc1. The second-order valence-electron chi connectivity index (χ2n) is 3.55. The maximum absolute atomic E-state index is 11.6. The maximum atomic E-state index is 11.6. The molecule has 0 bridgehead atoms. The molecule has 0 aliphatic rings. The molecule has 0 saturated heterocycles. The van der Waals surface area contributed by atoms with Crippen molar-refractivity contribution in [2.24, 2.45) is 5.22 Å². The van der Waals surface area contributed by atoms with Crippen LogP contribution < -0.4 is 10.2 Å². The third-order valence-electron chi connectivity index (χ3n) is 2.34. The summed E-state index contributed by atoms with van der Waals surface area (Å²) in [6, 6.07) is 15.9. The molecule has 5 nitrogen and oxygen atoms in total. The molecule has 1 N–H and O–H groups in total. The van der Waals surface area contributed by atoms with Crippen LogP contribution in [0.15, 0.2) is 59.8 Å². The fourth-order valence-corrected chi connectivity index (χ4v) is 1.38. The Morgan fingerprint density at radius 2 is 1.72 bits per heavy atom. The molecule has 0 heterocycles. The molecule has 0 unspecified atom stereocenters. The molecule has 0 radical (unpaired) electrons. The Bertz CT molecular complexity index is 524. The summed E-state index contributed by atoms with van der Waals surface area (Å²) in [5, 5.41) is 15.3. The largest absolute Gasteiger partial charge is 0.691 e. The third-order valence-corrected chi connectivity index (χ3v) is 2.34. The highest BCUT2D eigenvalue weighted by atomic mass is 16.5. The lowest BCUT2D eigenvalue weighted by Gasteiger charge is -2.04. The highest BCUT2D eigenvalue weighted by Gasteiger charge is 1.99. The van der Waals surface area contributed by atoms with Crippen molar-refractivity contribution in [2.75, 3.05) is 12.5 Å². The molecule has 92 valence electrons. The van der Waals surface area contributed by atoms with E-state index < -0.39 is 0 Å².